The van der Waals surface area contributed by atoms with E-state index in [0.29, 0.717) is 6.54 Å². The summed E-state index contributed by atoms with van der Waals surface area (Å²) in [6.45, 7) is 0.687. The van der Waals surface area contributed by atoms with Crippen molar-refractivity contribution in [2.24, 2.45) is 0 Å². The summed E-state index contributed by atoms with van der Waals surface area (Å²) in [6.07, 6.45) is 0. The lowest BCUT2D eigenvalue weighted by Gasteiger charge is -2.34. The summed E-state index contributed by atoms with van der Waals surface area (Å²) >= 11 is 0. The molecule has 5 aromatic carbocycles. The molecular formula is C33H31N2OP. The lowest BCUT2D eigenvalue weighted by atomic mass is 9.94. The van der Waals surface area contributed by atoms with E-state index in [-0.39, 0.29) is 12.1 Å². The van der Waals surface area contributed by atoms with Crippen molar-refractivity contribution in [3.63, 3.8) is 0 Å². The fourth-order valence-electron chi connectivity index (χ4n) is 4.68. The SMILES string of the molecule is O=P(N[C@H](c1ccccc1)[C@H](NCc1ccccc1)c1ccccc1)(c1ccccc1)c1ccccc1. The van der Waals surface area contributed by atoms with Crippen LogP contribution in [0, 0.1) is 0 Å². The molecule has 0 spiro atoms. The van der Waals surface area contributed by atoms with Crippen molar-refractivity contribution in [2.75, 3.05) is 0 Å². The van der Waals surface area contributed by atoms with Gasteiger partial charge < -0.3 is 5.32 Å². The minimum atomic E-state index is -3.21. The molecule has 0 aromatic heterocycles. The van der Waals surface area contributed by atoms with Crippen LogP contribution in [0.4, 0.5) is 0 Å². The van der Waals surface area contributed by atoms with E-state index in [0.717, 1.165) is 21.7 Å². The summed E-state index contributed by atoms with van der Waals surface area (Å²) < 4.78 is 15.1. The van der Waals surface area contributed by atoms with Gasteiger partial charge in [-0.15, -0.1) is 0 Å². The fraction of sp³-hybridized carbons (Fsp3) is 0.0909. The first-order valence-electron chi connectivity index (χ1n) is 12.6. The van der Waals surface area contributed by atoms with Gasteiger partial charge in [0.25, 0.3) is 0 Å². The van der Waals surface area contributed by atoms with Gasteiger partial charge in [-0.2, -0.15) is 0 Å². The Labute approximate surface area is 219 Å². The van der Waals surface area contributed by atoms with Crippen molar-refractivity contribution < 1.29 is 4.57 Å². The highest BCUT2D eigenvalue weighted by Gasteiger charge is 2.34. The maximum Gasteiger partial charge on any atom is 0.205 e. The molecule has 0 aliphatic heterocycles. The third kappa shape index (κ3) is 5.98. The minimum Gasteiger partial charge on any atom is -0.304 e. The van der Waals surface area contributed by atoms with Crippen LogP contribution in [-0.4, -0.2) is 0 Å². The number of rotatable bonds is 10. The van der Waals surface area contributed by atoms with E-state index in [4.69, 9.17) is 0 Å². The number of benzene rings is 5. The molecule has 0 amide bonds. The molecule has 0 saturated heterocycles. The molecule has 3 nitrogen and oxygen atoms in total. The molecule has 0 bridgehead atoms. The highest BCUT2D eigenvalue weighted by atomic mass is 31.2. The third-order valence-electron chi connectivity index (χ3n) is 6.58. The van der Waals surface area contributed by atoms with Crippen molar-refractivity contribution in [3.8, 4) is 0 Å². The first kappa shape index (κ1) is 24.9. The molecular weight excluding hydrogens is 471 g/mol. The van der Waals surface area contributed by atoms with Gasteiger partial charge in [-0.25, -0.2) is 0 Å². The zero-order chi connectivity index (χ0) is 25.3. The fourth-order valence-corrected chi connectivity index (χ4v) is 7.15. The molecule has 0 aliphatic rings. The van der Waals surface area contributed by atoms with Crippen LogP contribution in [0.15, 0.2) is 152 Å². The largest absolute Gasteiger partial charge is 0.304 e. The second-order valence-corrected chi connectivity index (χ2v) is 11.6. The van der Waals surface area contributed by atoms with Crippen LogP contribution in [0.3, 0.4) is 0 Å². The van der Waals surface area contributed by atoms with Crippen molar-refractivity contribution in [1.29, 1.82) is 0 Å². The Morgan fingerprint density at radius 1 is 0.486 bits per heavy atom. The van der Waals surface area contributed by atoms with E-state index in [1.165, 1.54) is 5.56 Å². The summed E-state index contributed by atoms with van der Waals surface area (Å²) in [7, 11) is -3.21. The van der Waals surface area contributed by atoms with E-state index >= 15 is 4.57 Å². The number of nitrogens with one attached hydrogen (secondary N) is 2. The maximum atomic E-state index is 15.1. The summed E-state index contributed by atoms with van der Waals surface area (Å²) in [5.74, 6) is 0. The van der Waals surface area contributed by atoms with E-state index in [1.54, 1.807) is 0 Å². The molecule has 184 valence electrons. The van der Waals surface area contributed by atoms with Crippen LogP contribution in [0.25, 0.3) is 0 Å². The van der Waals surface area contributed by atoms with Gasteiger partial charge in [0.2, 0.25) is 7.29 Å². The lowest BCUT2D eigenvalue weighted by molar-refractivity contribution is 0.424. The lowest BCUT2D eigenvalue weighted by Crippen LogP contribution is -2.38. The van der Waals surface area contributed by atoms with Gasteiger partial charge in [0.15, 0.2) is 0 Å². The van der Waals surface area contributed by atoms with E-state index in [2.05, 4.69) is 71.1 Å². The average molecular weight is 503 g/mol. The zero-order valence-corrected chi connectivity index (χ0v) is 21.5. The first-order chi connectivity index (χ1) is 18.2. The third-order valence-corrected chi connectivity index (χ3v) is 9.27. The topological polar surface area (TPSA) is 41.1 Å². The normalized spacial score (nSPS) is 13.1. The number of hydrogen-bond acceptors (Lipinski definition) is 2. The van der Waals surface area contributed by atoms with Crippen molar-refractivity contribution >= 4 is 17.9 Å². The monoisotopic (exact) mass is 502 g/mol. The minimum absolute atomic E-state index is 0.135. The summed E-state index contributed by atoms with van der Waals surface area (Å²) in [6, 6.07) is 50.3. The summed E-state index contributed by atoms with van der Waals surface area (Å²) in [5, 5.41) is 9.08. The highest BCUT2D eigenvalue weighted by molar-refractivity contribution is 7.76. The second-order valence-electron chi connectivity index (χ2n) is 9.05. The molecule has 0 heterocycles. The van der Waals surface area contributed by atoms with Gasteiger partial charge in [0.1, 0.15) is 0 Å². The summed E-state index contributed by atoms with van der Waals surface area (Å²) in [4.78, 5) is 0. The molecule has 0 fully saturated rings. The van der Waals surface area contributed by atoms with Crippen LogP contribution < -0.4 is 21.0 Å². The molecule has 0 aliphatic carbocycles. The summed E-state index contributed by atoms with van der Waals surface area (Å²) in [5.41, 5.74) is 3.40. The quantitative estimate of drug-likeness (QED) is 0.207. The average Bonchev–Trinajstić information content (AvgIpc) is 2.99. The molecule has 0 saturated carbocycles. The smallest absolute Gasteiger partial charge is 0.205 e. The Morgan fingerprint density at radius 2 is 0.865 bits per heavy atom. The molecule has 5 aromatic rings. The Bertz CT molecular complexity index is 1370. The molecule has 0 unspecified atom stereocenters. The van der Waals surface area contributed by atoms with Gasteiger partial charge in [-0.1, -0.05) is 127 Å². The molecule has 0 radical (unpaired) electrons. The molecule has 5 rings (SSSR count). The zero-order valence-electron chi connectivity index (χ0n) is 20.7. The van der Waals surface area contributed by atoms with Gasteiger partial charge >= 0.3 is 0 Å². The Kier molecular flexibility index (Phi) is 8.08. The predicted molar refractivity (Wildman–Crippen MR) is 155 cm³/mol. The van der Waals surface area contributed by atoms with Crippen molar-refractivity contribution in [1.82, 2.24) is 10.4 Å². The van der Waals surface area contributed by atoms with Crippen molar-refractivity contribution in [2.45, 2.75) is 18.6 Å². The standard InChI is InChI=1S/C33H31N2OP/c36-37(30-22-12-4-13-23-30,31-24-14-5-15-25-31)35-33(29-20-10-3-11-21-29)32(28-18-8-2-9-19-28)34-26-27-16-6-1-7-17-27/h1-25,32-34H,26H2,(H,35,36)/t32-,33-/m1/s1. The maximum absolute atomic E-state index is 15.1. The van der Waals surface area contributed by atoms with Crippen LogP contribution in [0.1, 0.15) is 28.8 Å². The Balaban J connectivity index is 1.61. The molecule has 4 heteroatoms. The molecule has 2 N–H and O–H groups in total. The van der Waals surface area contributed by atoms with Gasteiger partial charge in [0, 0.05) is 17.2 Å². The molecule has 2 atom stereocenters. The highest BCUT2D eigenvalue weighted by Crippen LogP contribution is 2.44. The van der Waals surface area contributed by atoms with Crippen LogP contribution >= 0.6 is 7.29 Å². The second kappa shape index (κ2) is 12.0. The molecule has 37 heavy (non-hydrogen) atoms. The van der Waals surface area contributed by atoms with Gasteiger partial charge in [-0.05, 0) is 41.0 Å². The predicted octanol–water partition coefficient (Wildman–Crippen LogP) is 6.78. The first-order valence-corrected chi connectivity index (χ1v) is 14.3. The number of hydrogen-bond donors (Lipinski definition) is 2. The van der Waals surface area contributed by atoms with E-state index < -0.39 is 7.29 Å². The van der Waals surface area contributed by atoms with Crippen molar-refractivity contribution in [3.05, 3.63) is 168 Å². The van der Waals surface area contributed by atoms with Crippen LogP contribution in [0.5, 0.6) is 0 Å². The van der Waals surface area contributed by atoms with Crippen LogP contribution in [0.2, 0.25) is 0 Å². The Morgan fingerprint density at radius 3 is 1.32 bits per heavy atom. The van der Waals surface area contributed by atoms with Gasteiger partial charge in [-0.3, -0.25) is 9.65 Å². The van der Waals surface area contributed by atoms with Gasteiger partial charge in [0.05, 0.1) is 12.1 Å². The van der Waals surface area contributed by atoms with Crippen LogP contribution in [-0.2, 0) is 11.1 Å². The van der Waals surface area contributed by atoms with E-state index in [9.17, 15) is 0 Å². The van der Waals surface area contributed by atoms with E-state index in [1.807, 2.05) is 91.0 Å². The Hall–Kier alpha value is -3.75.